The summed E-state index contributed by atoms with van der Waals surface area (Å²) in [5.74, 6) is 2.06. The van der Waals surface area contributed by atoms with Crippen LogP contribution in [0.25, 0.3) is 0 Å². The van der Waals surface area contributed by atoms with E-state index in [2.05, 4.69) is 10.3 Å². The van der Waals surface area contributed by atoms with Crippen LogP contribution in [-0.2, 0) is 11.2 Å². The lowest BCUT2D eigenvalue weighted by Gasteiger charge is -2.27. The summed E-state index contributed by atoms with van der Waals surface area (Å²) in [6, 6.07) is 13.9. The summed E-state index contributed by atoms with van der Waals surface area (Å²) in [4.78, 5) is 19.9. The number of anilines is 1. The molecule has 0 radical (unpaired) electrons. The second kappa shape index (κ2) is 7.54. The van der Waals surface area contributed by atoms with Gasteiger partial charge in [0.25, 0.3) is 0 Å². The standard InChI is InChI=1S/C22H25N3O3/c1-25-19-9-8-17(28-3)12-15(19)13-18(14-4-6-16(27-2)7-5-14)20(22(25)26)21-23-10-11-24-21/h4-9,12,18,20H,10-11,13H2,1-3H3,(H,23,24). The number of methoxy groups -OCH3 is 2. The number of aliphatic imine (C=N–C) groups is 1. The molecule has 0 saturated carbocycles. The van der Waals surface area contributed by atoms with E-state index in [0.29, 0.717) is 6.54 Å². The van der Waals surface area contributed by atoms with E-state index in [9.17, 15) is 4.79 Å². The highest BCUT2D eigenvalue weighted by molar-refractivity contribution is 6.11. The second-order valence-corrected chi connectivity index (χ2v) is 7.15. The van der Waals surface area contributed by atoms with Gasteiger partial charge >= 0.3 is 0 Å². The molecule has 1 N–H and O–H groups in total. The van der Waals surface area contributed by atoms with Crippen molar-refractivity contribution in [1.82, 2.24) is 5.32 Å². The number of amidine groups is 1. The van der Waals surface area contributed by atoms with Crippen molar-refractivity contribution in [3.05, 3.63) is 53.6 Å². The number of nitrogens with zero attached hydrogens (tertiary/aromatic N) is 2. The van der Waals surface area contributed by atoms with Crippen molar-refractivity contribution in [2.45, 2.75) is 12.3 Å². The van der Waals surface area contributed by atoms with Gasteiger partial charge in [0.05, 0.1) is 20.8 Å². The number of carbonyl (C=O) groups excluding carboxylic acids is 1. The third kappa shape index (κ3) is 3.19. The third-order valence-corrected chi connectivity index (χ3v) is 5.63. The van der Waals surface area contributed by atoms with E-state index < -0.39 is 0 Å². The molecule has 2 aliphatic rings. The molecular weight excluding hydrogens is 354 g/mol. The average Bonchev–Trinajstić information content (AvgIpc) is 3.23. The molecule has 1 amide bonds. The average molecular weight is 379 g/mol. The molecule has 2 aromatic rings. The predicted octanol–water partition coefficient (Wildman–Crippen LogP) is 2.62. The number of amides is 1. The molecule has 4 rings (SSSR count). The highest BCUT2D eigenvalue weighted by Gasteiger charge is 2.40. The molecule has 2 atom stereocenters. The number of nitrogens with one attached hydrogen (secondary N) is 1. The van der Waals surface area contributed by atoms with Crippen LogP contribution in [-0.4, -0.2) is 46.1 Å². The summed E-state index contributed by atoms with van der Waals surface area (Å²) >= 11 is 0. The number of ether oxygens (including phenoxy) is 2. The third-order valence-electron chi connectivity index (χ3n) is 5.63. The minimum absolute atomic E-state index is 0.0291. The van der Waals surface area contributed by atoms with Crippen molar-refractivity contribution in [2.75, 3.05) is 39.3 Å². The van der Waals surface area contributed by atoms with Gasteiger partial charge in [-0.15, -0.1) is 0 Å². The van der Waals surface area contributed by atoms with Crippen LogP contribution in [0, 0.1) is 5.92 Å². The zero-order valence-corrected chi connectivity index (χ0v) is 16.4. The van der Waals surface area contributed by atoms with Crippen molar-refractivity contribution < 1.29 is 14.3 Å². The van der Waals surface area contributed by atoms with E-state index in [-0.39, 0.29) is 17.7 Å². The molecule has 146 valence electrons. The lowest BCUT2D eigenvalue weighted by Crippen LogP contribution is -2.43. The fourth-order valence-corrected chi connectivity index (χ4v) is 4.13. The van der Waals surface area contributed by atoms with Crippen molar-refractivity contribution in [2.24, 2.45) is 10.9 Å². The highest BCUT2D eigenvalue weighted by Crippen LogP contribution is 2.40. The maximum Gasteiger partial charge on any atom is 0.238 e. The van der Waals surface area contributed by atoms with Crippen molar-refractivity contribution in [3.63, 3.8) is 0 Å². The van der Waals surface area contributed by atoms with Crippen LogP contribution in [0.5, 0.6) is 11.5 Å². The smallest absolute Gasteiger partial charge is 0.238 e. The van der Waals surface area contributed by atoms with E-state index >= 15 is 0 Å². The molecule has 2 heterocycles. The minimum atomic E-state index is -0.348. The molecule has 0 fully saturated rings. The molecule has 6 heteroatoms. The Morgan fingerprint density at radius 1 is 1.07 bits per heavy atom. The van der Waals surface area contributed by atoms with E-state index in [1.54, 1.807) is 19.1 Å². The Labute approximate surface area is 165 Å². The van der Waals surface area contributed by atoms with Crippen molar-refractivity contribution in [1.29, 1.82) is 0 Å². The van der Waals surface area contributed by atoms with E-state index in [0.717, 1.165) is 47.1 Å². The first-order valence-electron chi connectivity index (χ1n) is 9.49. The van der Waals surface area contributed by atoms with Crippen LogP contribution in [0.4, 0.5) is 5.69 Å². The summed E-state index contributed by atoms with van der Waals surface area (Å²) < 4.78 is 10.7. The number of fused-ring (bicyclic) bond motifs is 1. The lowest BCUT2D eigenvalue weighted by molar-refractivity contribution is -0.120. The van der Waals surface area contributed by atoms with Gasteiger partial charge in [-0.2, -0.15) is 0 Å². The molecule has 2 aliphatic heterocycles. The van der Waals surface area contributed by atoms with Gasteiger partial charge < -0.3 is 19.7 Å². The van der Waals surface area contributed by atoms with Gasteiger partial charge in [0, 0.05) is 25.2 Å². The quantitative estimate of drug-likeness (QED) is 0.887. The molecule has 0 spiro atoms. The molecular formula is C22H25N3O3. The maximum absolute atomic E-state index is 13.5. The largest absolute Gasteiger partial charge is 0.497 e. The van der Waals surface area contributed by atoms with E-state index in [1.807, 2.05) is 49.5 Å². The molecule has 28 heavy (non-hydrogen) atoms. The van der Waals surface area contributed by atoms with Gasteiger partial charge in [0.1, 0.15) is 23.3 Å². The number of hydrogen-bond donors (Lipinski definition) is 1. The van der Waals surface area contributed by atoms with Gasteiger partial charge in [-0.3, -0.25) is 9.79 Å². The SMILES string of the molecule is COc1ccc(C2Cc3cc(OC)ccc3N(C)C(=O)C2C2=NCCN2)cc1. The van der Waals surface area contributed by atoms with Crippen LogP contribution < -0.4 is 19.7 Å². The van der Waals surface area contributed by atoms with Gasteiger partial charge in [0.2, 0.25) is 5.91 Å². The molecule has 2 aromatic carbocycles. The fourth-order valence-electron chi connectivity index (χ4n) is 4.13. The normalized spacial score (nSPS) is 21.5. The van der Waals surface area contributed by atoms with E-state index in [1.165, 1.54) is 0 Å². The first-order chi connectivity index (χ1) is 13.6. The lowest BCUT2D eigenvalue weighted by atomic mass is 9.81. The zero-order valence-electron chi connectivity index (χ0n) is 16.4. The predicted molar refractivity (Wildman–Crippen MR) is 110 cm³/mol. The van der Waals surface area contributed by atoms with Crippen LogP contribution in [0.3, 0.4) is 0 Å². The summed E-state index contributed by atoms with van der Waals surface area (Å²) in [5.41, 5.74) is 3.11. The first kappa shape index (κ1) is 18.3. The van der Waals surface area contributed by atoms with Crippen LogP contribution >= 0.6 is 0 Å². The van der Waals surface area contributed by atoms with Gasteiger partial charge in [-0.1, -0.05) is 12.1 Å². The van der Waals surface area contributed by atoms with Crippen molar-refractivity contribution in [3.8, 4) is 11.5 Å². The number of rotatable bonds is 4. The first-order valence-corrected chi connectivity index (χ1v) is 9.49. The van der Waals surface area contributed by atoms with Crippen LogP contribution in [0.1, 0.15) is 17.0 Å². The summed E-state index contributed by atoms with van der Waals surface area (Å²) in [7, 11) is 5.16. The number of hydrogen-bond acceptors (Lipinski definition) is 5. The highest BCUT2D eigenvalue weighted by atomic mass is 16.5. The topological polar surface area (TPSA) is 63.2 Å². The zero-order chi connectivity index (χ0) is 19.7. The Bertz CT molecular complexity index is 908. The molecule has 0 bridgehead atoms. The molecule has 0 aliphatic carbocycles. The molecule has 0 saturated heterocycles. The summed E-state index contributed by atoms with van der Waals surface area (Å²) in [6.45, 7) is 1.48. The minimum Gasteiger partial charge on any atom is -0.497 e. The number of carbonyl (C=O) groups is 1. The van der Waals surface area contributed by atoms with Crippen molar-refractivity contribution >= 4 is 17.4 Å². The van der Waals surface area contributed by atoms with Crippen LogP contribution in [0.15, 0.2) is 47.5 Å². The molecule has 0 aromatic heterocycles. The van der Waals surface area contributed by atoms with Gasteiger partial charge in [0.15, 0.2) is 0 Å². The Balaban J connectivity index is 1.83. The van der Waals surface area contributed by atoms with E-state index in [4.69, 9.17) is 9.47 Å². The van der Waals surface area contributed by atoms with Gasteiger partial charge in [-0.25, -0.2) is 0 Å². The Morgan fingerprint density at radius 2 is 1.79 bits per heavy atom. The fraction of sp³-hybridized carbons (Fsp3) is 0.364. The molecule has 2 unspecified atom stereocenters. The Kier molecular flexibility index (Phi) is 4.94. The molecule has 6 nitrogen and oxygen atoms in total. The van der Waals surface area contributed by atoms with Gasteiger partial charge in [-0.05, 0) is 47.9 Å². The summed E-state index contributed by atoms with van der Waals surface area (Å²) in [6.07, 6.45) is 0.723. The summed E-state index contributed by atoms with van der Waals surface area (Å²) in [5, 5.41) is 3.33. The van der Waals surface area contributed by atoms with Crippen LogP contribution in [0.2, 0.25) is 0 Å². The Morgan fingerprint density at radius 3 is 2.43 bits per heavy atom. The monoisotopic (exact) mass is 379 g/mol. The number of benzene rings is 2. The second-order valence-electron chi connectivity index (χ2n) is 7.15. The Hall–Kier alpha value is -3.02. The maximum atomic E-state index is 13.5.